The van der Waals surface area contributed by atoms with Crippen molar-refractivity contribution in [1.29, 1.82) is 5.26 Å². The van der Waals surface area contributed by atoms with Crippen LogP contribution < -0.4 is 0 Å². The lowest BCUT2D eigenvalue weighted by Crippen LogP contribution is -2.47. The summed E-state index contributed by atoms with van der Waals surface area (Å²) in [5, 5.41) is 10.1. The monoisotopic (exact) mass is 292 g/mol. The van der Waals surface area contributed by atoms with Gasteiger partial charge in [0.2, 0.25) is 10.0 Å². The normalized spacial score (nSPS) is 20.9. The van der Waals surface area contributed by atoms with E-state index in [1.165, 1.54) is 4.31 Å². The van der Waals surface area contributed by atoms with Crippen LogP contribution in [-0.2, 0) is 14.8 Å². The van der Waals surface area contributed by atoms with Crippen molar-refractivity contribution in [3.05, 3.63) is 40.8 Å². The zero-order valence-corrected chi connectivity index (χ0v) is 12.0. The molecule has 0 N–H and O–H groups in total. The molecule has 0 saturated carbocycles. The predicted molar refractivity (Wildman–Crippen MR) is 76.1 cm³/mol. The summed E-state index contributed by atoms with van der Waals surface area (Å²) in [6.45, 7) is 2.61. The summed E-state index contributed by atoms with van der Waals surface area (Å²) < 4.78 is 30.8. The van der Waals surface area contributed by atoms with E-state index in [9.17, 15) is 8.42 Å². The van der Waals surface area contributed by atoms with Gasteiger partial charge in [-0.05, 0) is 18.6 Å². The molecule has 106 valence electrons. The van der Waals surface area contributed by atoms with Crippen molar-refractivity contribution in [2.24, 2.45) is 0 Å². The maximum Gasteiger partial charge on any atom is 0.237 e. The molecule has 20 heavy (non-hydrogen) atoms. The summed E-state index contributed by atoms with van der Waals surface area (Å²) in [6, 6.07) is 8.73. The predicted octanol–water partition coefficient (Wildman–Crippen LogP) is 1.52. The van der Waals surface area contributed by atoms with Gasteiger partial charge in [-0.25, -0.2) is 8.42 Å². The van der Waals surface area contributed by atoms with E-state index in [0.29, 0.717) is 6.61 Å². The van der Waals surface area contributed by atoms with Crippen molar-refractivity contribution in [2.45, 2.75) is 13.0 Å². The van der Waals surface area contributed by atoms with Crippen molar-refractivity contribution in [3.8, 4) is 6.07 Å². The number of benzene rings is 1. The number of ether oxygens (including phenoxy) is 1. The molecule has 1 heterocycles. The van der Waals surface area contributed by atoms with Crippen molar-refractivity contribution in [1.82, 2.24) is 4.31 Å². The number of morpholine rings is 1. The number of nitrogens with zero attached hydrogens (tertiary/aromatic N) is 2. The Balaban J connectivity index is 2.18. The standard InChI is InChI=1S/C14H16N2O3S/c1-12-2-4-13(5-3-12)6-9-20(17,18)16-7-8-19-11-14(16)10-15/h2-6,9,14H,7-8,11H2,1H3/b9-6-/t14-/m1/s1. The van der Waals surface area contributed by atoms with Gasteiger partial charge in [0.15, 0.2) is 0 Å². The molecule has 1 saturated heterocycles. The van der Waals surface area contributed by atoms with E-state index in [0.717, 1.165) is 16.5 Å². The topological polar surface area (TPSA) is 70.4 Å². The summed E-state index contributed by atoms with van der Waals surface area (Å²) in [6.07, 6.45) is 1.54. The number of aryl methyl sites for hydroxylation is 1. The first kappa shape index (κ1) is 14.7. The molecule has 1 atom stereocenters. The number of nitriles is 1. The summed E-state index contributed by atoms with van der Waals surface area (Å²) in [4.78, 5) is 0. The SMILES string of the molecule is Cc1ccc(/C=C\S(=O)(=O)N2CCOC[C@H]2C#N)cc1. The van der Waals surface area contributed by atoms with Gasteiger partial charge in [0.1, 0.15) is 6.04 Å². The molecule has 0 amide bonds. The van der Waals surface area contributed by atoms with Gasteiger partial charge >= 0.3 is 0 Å². The third-order valence-electron chi connectivity index (χ3n) is 3.07. The van der Waals surface area contributed by atoms with Crippen LogP contribution in [0.2, 0.25) is 0 Å². The molecule has 0 aliphatic carbocycles. The maximum atomic E-state index is 12.2. The fourth-order valence-corrected chi connectivity index (χ4v) is 3.19. The average molecular weight is 292 g/mol. The molecule has 1 aromatic rings. The second-order valence-corrected chi connectivity index (χ2v) is 6.36. The summed E-state index contributed by atoms with van der Waals surface area (Å²) >= 11 is 0. The third-order valence-corrected chi connectivity index (χ3v) is 4.64. The van der Waals surface area contributed by atoms with Crippen LogP contribution in [0.1, 0.15) is 11.1 Å². The Morgan fingerprint density at radius 3 is 2.75 bits per heavy atom. The first-order valence-corrected chi connectivity index (χ1v) is 7.77. The van der Waals surface area contributed by atoms with Crippen LogP contribution in [0.25, 0.3) is 6.08 Å². The molecule has 0 aromatic heterocycles. The first-order chi connectivity index (χ1) is 9.53. The molecule has 2 rings (SSSR count). The van der Waals surface area contributed by atoms with Gasteiger partial charge in [-0.3, -0.25) is 0 Å². The molecule has 6 heteroatoms. The molecular formula is C14H16N2O3S. The van der Waals surface area contributed by atoms with Crippen molar-refractivity contribution >= 4 is 16.1 Å². The van der Waals surface area contributed by atoms with Gasteiger partial charge < -0.3 is 4.74 Å². The first-order valence-electron chi connectivity index (χ1n) is 6.27. The Hall–Kier alpha value is -1.68. The zero-order chi connectivity index (χ0) is 14.6. The minimum absolute atomic E-state index is 0.119. The van der Waals surface area contributed by atoms with Crippen LogP contribution in [-0.4, -0.2) is 38.5 Å². The van der Waals surface area contributed by atoms with Gasteiger partial charge in [0.25, 0.3) is 0 Å². The quantitative estimate of drug-likeness (QED) is 0.847. The van der Waals surface area contributed by atoms with Crippen LogP contribution >= 0.6 is 0 Å². The highest BCUT2D eigenvalue weighted by Gasteiger charge is 2.31. The molecule has 1 fully saturated rings. The fourth-order valence-electron chi connectivity index (χ4n) is 1.91. The smallest absolute Gasteiger partial charge is 0.237 e. The molecule has 1 aliphatic heterocycles. The van der Waals surface area contributed by atoms with Crippen molar-refractivity contribution in [3.63, 3.8) is 0 Å². The van der Waals surface area contributed by atoms with Crippen molar-refractivity contribution in [2.75, 3.05) is 19.8 Å². The van der Waals surface area contributed by atoms with E-state index in [4.69, 9.17) is 10.00 Å². The molecule has 0 unspecified atom stereocenters. The summed E-state index contributed by atoms with van der Waals surface area (Å²) in [7, 11) is -3.60. The average Bonchev–Trinajstić information content (AvgIpc) is 2.46. The Labute approximate surface area is 119 Å². The third kappa shape index (κ3) is 3.45. The van der Waals surface area contributed by atoms with Gasteiger partial charge in [-0.1, -0.05) is 29.8 Å². The number of rotatable bonds is 3. The van der Waals surface area contributed by atoms with Crippen LogP contribution in [0, 0.1) is 18.3 Å². The van der Waals surface area contributed by atoms with Crippen LogP contribution in [0.3, 0.4) is 0 Å². The van der Waals surface area contributed by atoms with E-state index < -0.39 is 16.1 Å². The van der Waals surface area contributed by atoms with Gasteiger partial charge in [-0.2, -0.15) is 9.57 Å². The van der Waals surface area contributed by atoms with E-state index in [1.54, 1.807) is 6.08 Å². The van der Waals surface area contributed by atoms with E-state index in [-0.39, 0.29) is 13.2 Å². The second-order valence-electron chi connectivity index (χ2n) is 4.59. The summed E-state index contributed by atoms with van der Waals surface area (Å²) in [5.41, 5.74) is 1.92. The molecule has 1 aromatic carbocycles. The highest BCUT2D eigenvalue weighted by atomic mass is 32.2. The number of hydrogen-bond acceptors (Lipinski definition) is 4. The lowest BCUT2D eigenvalue weighted by Gasteiger charge is -2.29. The minimum atomic E-state index is -3.60. The molecule has 0 radical (unpaired) electrons. The highest BCUT2D eigenvalue weighted by molar-refractivity contribution is 7.92. The lowest BCUT2D eigenvalue weighted by atomic mass is 10.2. The lowest BCUT2D eigenvalue weighted by molar-refractivity contribution is 0.0517. The van der Waals surface area contributed by atoms with Crippen LogP contribution in [0.5, 0.6) is 0 Å². The number of hydrogen-bond donors (Lipinski definition) is 0. The Kier molecular flexibility index (Phi) is 4.55. The molecular weight excluding hydrogens is 276 g/mol. The van der Waals surface area contributed by atoms with Crippen LogP contribution in [0.4, 0.5) is 0 Å². The van der Waals surface area contributed by atoms with Gasteiger partial charge in [0, 0.05) is 12.0 Å². The fraction of sp³-hybridized carbons (Fsp3) is 0.357. The van der Waals surface area contributed by atoms with Gasteiger partial charge in [-0.15, -0.1) is 0 Å². The Morgan fingerprint density at radius 2 is 2.10 bits per heavy atom. The molecule has 5 nitrogen and oxygen atoms in total. The Morgan fingerprint density at radius 1 is 1.40 bits per heavy atom. The van der Waals surface area contributed by atoms with Gasteiger partial charge in [0.05, 0.1) is 19.3 Å². The van der Waals surface area contributed by atoms with Crippen LogP contribution in [0.15, 0.2) is 29.7 Å². The molecule has 0 spiro atoms. The second kappa shape index (κ2) is 6.18. The van der Waals surface area contributed by atoms with Crippen molar-refractivity contribution < 1.29 is 13.2 Å². The van der Waals surface area contributed by atoms with E-state index >= 15 is 0 Å². The maximum absolute atomic E-state index is 12.2. The summed E-state index contributed by atoms with van der Waals surface area (Å²) in [5.74, 6) is 0. The largest absolute Gasteiger partial charge is 0.377 e. The number of sulfonamides is 1. The molecule has 0 bridgehead atoms. The Bertz CT molecular complexity index is 629. The molecule has 1 aliphatic rings. The highest BCUT2D eigenvalue weighted by Crippen LogP contribution is 2.15. The minimum Gasteiger partial charge on any atom is -0.377 e. The van der Waals surface area contributed by atoms with E-state index in [2.05, 4.69) is 0 Å². The zero-order valence-electron chi connectivity index (χ0n) is 11.2. The van der Waals surface area contributed by atoms with E-state index in [1.807, 2.05) is 37.3 Å².